The molecule has 3 aromatic rings. The Balaban J connectivity index is 1.79. The Hall–Kier alpha value is -2.38. The highest BCUT2D eigenvalue weighted by Gasteiger charge is 2.16. The van der Waals surface area contributed by atoms with Crippen LogP contribution >= 0.6 is 0 Å². The highest BCUT2D eigenvalue weighted by molar-refractivity contribution is 7.89. The molecule has 0 aliphatic heterocycles. The summed E-state index contributed by atoms with van der Waals surface area (Å²) in [5.74, 6) is 0.657. The molecule has 0 saturated carbocycles. The lowest BCUT2D eigenvalue weighted by Crippen LogP contribution is -2.23. The quantitative estimate of drug-likeness (QED) is 0.777. The number of hydrogen-bond acceptors (Lipinski definition) is 4. The zero-order valence-corrected chi connectivity index (χ0v) is 13.7. The van der Waals surface area contributed by atoms with Gasteiger partial charge in [0.1, 0.15) is 5.75 Å². The minimum atomic E-state index is -3.60. The second-order valence-electron chi connectivity index (χ2n) is 5.16. The van der Waals surface area contributed by atoms with E-state index in [2.05, 4.69) is 9.82 Å². The molecule has 0 unspecified atom stereocenters. The van der Waals surface area contributed by atoms with Crippen LogP contribution in [0.1, 0.15) is 11.3 Å². The van der Waals surface area contributed by atoms with Gasteiger partial charge in [-0.3, -0.25) is 0 Å². The van der Waals surface area contributed by atoms with Crippen LogP contribution in [0.5, 0.6) is 5.75 Å². The van der Waals surface area contributed by atoms with Crippen LogP contribution in [0.25, 0.3) is 5.52 Å². The first kappa shape index (κ1) is 15.5. The van der Waals surface area contributed by atoms with Crippen molar-refractivity contribution in [3.05, 3.63) is 59.9 Å². The summed E-state index contributed by atoms with van der Waals surface area (Å²) in [4.78, 5) is 0.208. The first-order valence-corrected chi connectivity index (χ1v) is 8.55. The third-order valence-electron chi connectivity index (χ3n) is 3.54. The van der Waals surface area contributed by atoms with Crippen LogP contribution in [0.15, 0.2) is 53.6 Å². The number of hydrogen-bond donors (Lipinski definition) is 1. The summed E-state index contributed by atoms with van der Waals surface area (Å²) in [7, 11) is -2.04. The summed E-state index contributed by atoms with van der Waals surface area (Å²) >= 11 is 0. The maximum Gasteiger partial charge on any atom is 0.240 e. The summed E-state index contributed by atoms with van der Waals surface area (Å²) in [5.41, 5.74) is 2.34. The van der Waals surface area contributed by atoms with E-state index in [1.54, 1.807) is 30.7 Å². The minimum absolute atomic E-state index is 0.134. The molecule has 0 aliphatic carbocycles. The summed E-state index contributed by atoms with van der Waals surface area (Å²) in [6.07, 6.45) is 1.82. The highest BCUT2D eigenvalue weighted by atomic mass is 32.2. The average molecular weight is 331 g/mol. The lowest BCUT2D eigenvalue weighted by atomic mass is 10.2. The van der Waals surface area contributed by atoms with Crippen molar-refractivity contribution in [2.45, 2.75) is 18.4 Å². The molecule has 7 heteroatoms. The molecule has 1 N–H and O–H groups in total. The van der Waals surface area contributed by atoms with E-state index in [0.717, 1.165) is 11.1 Å². The van der Waals surface area contributed by atoms with Crippen molar-refractivity contribution in [1.82, 2.24) is 14.3 Å². The molecule has 120 valence electrons. The Bertz CT molecular complexity index is 915. The molecule has 6 nitrogen and oxygen atoms in total. The highest BCUT2D eigenvalue weighted by Crippen LogP contribution is 2.21. The topological polar surface area (TPSA) is 72.7 Å². The fourth-order valence-corrected chi connectivity index (χ4v) is 3.43. The molecule has 0 fully saturated rings. The van der Waals surface area contributed by atoms with E-state index in [4.69, 9.17) is 4.74 Å². The van der Waals surface area contributed by atoms with Crippen molar-refractivity contribution in [3.8, 4) is 5.75 Å². The summed E-state index contributed by atoms with van der Waals surface area (Å²) < 4.78 is 34.2. The van der Waals surface area contributed by atoms with Gasteiger partial charge in [0.25, 0.3) is 0 Å². The summed E-state index contributed by atoms with van der Waals surface area (Å²) in [6, 6.07) is 12.3. The molecule has 0 bridgehead atoms. The van der Waals surface area contributed by atoms with Gasteiger partial charge < -0.3 is 4.74 Å². The number of aromatic nitrogens is 2. The normalized spacial score (nSPS) is 11.7. The van der Waals surface area contributed by atoms with Crippen LogP contribution in [0.4, 0.5) is 0 Å². The molecular weight excluding hydrogens is 314 g/mol. The number of aryl methyl sites for hydroxylation is 1. The molecule has 2 aromatic heterocycles. The number of pyridine rings is 1. The zero-order chi connectivity index (χ0) is 16.4. The van der Waals surface area contributed by atoms with E-state index in [-0.39, 0.29) is 11.4 Å². The SMILES string of the molecule is COc1ccc(S(=O)(=O)NCc2cc3ccccn3n2)cc1C. The predicted molar refractivity (Wildman–Crippen MR) is 86.9 cm³/mol. The second kappa shape index (κ2) is 6.02. The van der Waals surface area contributed by atoms with E-state index in [1.165, 1.54) is 6.07 Å². The fourth-order valence-electron chi connectivity index (χ4n) is 2.35. The van der Waals surface area contributed by atoms with Crippen LogP contribution in [-0.2, 0) is 16.6 Å². The Morgan fingerprint density at radius 3 is 2.74 bits per heavy atom. The van der Waals surface area contributed by atoms with Gasteiger partial charge in [-0.1, -0.05) is 6.07 Å². The Kier molecular flexibility index (Phi) is 4.06. The number of fused-ring (bicyclic) bond motifs is 1. The largest absolute Gasteiger partial charge is 0.496 e. The number of ether oxygens (including phenoxy) is 1. The Morgan fingerprint density at radius 2 is 2.04 bits per heavy atom. The summed E-state index contributed by atoms with van der Waals surface area (Å²) in [6.45, 7) is 1.94. The van der Waals surface area contributed by atoms with E-state index < -0.39 is 10.0 Å². The third-order valence-corrected chi connectivity index (χ3v) is 4.94. The molecule has 23 heavy (non-hydrogen) atoms. The smallest absolute Gasteiger partial charge is 0.240 e. The van der Waals surface area contributed by atoms with Gasteiger partial charge in [-0.2, -0.15) is 5.10 Å². The molecule has 3 rings (SSSR count). The van der Waals surface area contributed by atoms with Gasteiger partial charge in [0, 0.05) is 6.20 Å². The van der Waals surface area contributed by atoms with Crippen LogP contribution in [-0.4, -0.2) is 25.1 Å². The van der Waals surface area contributed by atoms with Crippen LogP contribution in [0, 0.1) is 6.92 Å². The number of nitrogens with zero attached hydrogens (tertiary/aromatic N) is 2. The van der Waals surface area contributed by atoms with Crippen molar-refractivity contribution in [3.63, 3.8) is 0 Å². The van der Waals surface area contributed by atoms with E-state index in [1.807, 2.05) is 30.5 Å². The van der Waals surface area contributed by atoms with Crippen LogP contribution in [0.2, 0.25) is 0 Å². The van der Waals surface area contributed by atoms with Crippen LogP contribution < -0.4 is 9.46 Å². The number of benzene rings is 1. The first-order valence-electron chi connectivity index (χ1n) is 7.07. The molecule has 0 radical (unpaired) electrons. The molecule has 2 heterocycles. The van der Waals surface area contributed by atoms with Gasteiger partial charge in [-0.05, 0) is 48.9 Å². The van der Waals surface area contributed by atoms with Gasteiger partial charge in [0.15, 0.2) is 0 Å². The number of nitrogens with one attached hydrogen (secondary N) is 1. The Morgan fingerprint density at radius 1 is 1.22 bits per heavy atom. The number of methoxy groups -OCH3 is 1. The van der Waals surface area contributed by atoms with E-state index in [0.29, 0.717) is 11.4 Å². The van der Waals surface area contributed by atoms with Gasteiger partial charge in [0.2, 0.25) is 10.0 Å². The van der Waals surface area contributed by atoms with Crippen molar-refractivity contribution >= 4 is 15.5 Å². The first-order chi connectivity index (χ1) is 11.0. The zero-order valence-electron chi connectivity index (χ0n) is 12.9. The predicted octanol–water partition coefficient (Wildman–Crippen LogP) is 2.13. The standard InChI is InChI=1S/C16H17N3O3S/c1-12-9-15(6-7-16(12)22-2)23(20,21)17-11-13-10-14-5-3-4-8-19(14)18-13/h3-10,17H,11H2,1-2H3. The summed E-state index contributed by atoms with van der Waals surface area (Å²) in [5, 5.41) is 4.32. The van der Waals surface area contributed by atoms with Gasteiger partial charge in [-0.25, -0.2) is 17.7 Å². The average Bonchev–Trinajstić information content (AvgIpc) is 2.96. The third kappa shape index (κ3) is 3.20. The van der Waals surface area contributed by atoms with Crippen molar-refractivity contribution in [2.24, 2.45) is 0 Å². The van der Waals surface area contributed by atoms with Gasteiger partial charge in [-0.15, -0.1) is 0 Å². The van der Waals surface area contributed by atoms with E-state index >= 15 is 0 Å². The number of sulfonamides is 1. The Labute approximate surface area is 134 Å². The molecule has 0 amide bonds. The maximum atomic E-state index is 12.4. The monoisotopic (exact) mass is 331 g/mol. The lowest BCUT2D eigenvalue weighted by Gasteiger charge is -2.09. The minimum Gasteiger partial charge on any atom is -0.496 e. The van der Waals surface area contributed by atoms with Crippen molar-refractivity contribution in [1.29, 1.82) is 0 Å². The molecule has 1 aromatic carbocycles. The second-order valence-corrected chi connectivity index (χ2v) is 6.93. The van der Waals surface area contributed by atoms with Crippen LogP contribution in [0.3, 0.4) is 0 Å². The molecule has 0 atom stereocenters. The van der Waals surface area contributed by atoms with Crippen molar-refractivity contribution in [2.75, 3.05) is 7.11 Å². The van der Waals surface area contributed by atoms with Gasteiger partial charge >= 0.3 is 0 Å². The molecule has 0 aliphatic rings. The maximum absolute atomic E-state index is 12.4. The molecular formula is C16H17N3O3S. The lowest BCUT2D eigenvalue weighted by molar-refractivity contribution is 0.411. The number of rotatable bonds is 5. The molecule has 0 spiro atoms. The molecule has 0 saturated heterocycles. The van der Waals surface area contributed by atoms with Gasteiger partial charge in [0.05, 0.1) is 29.8 Å². The van der Waals surface area contributed by atoms with E-state index in [9.17, 15) is 8.42 Å². The van der Waals surface area contributed by atoms with Crippen molar-refractivity contribution < 1.29 is 13.2 Å². The fraction of sp³-hybridized carbons (Fsp3) is 0.188.